The van der Waals surface area contributed by atoms with E-state index in [1.807, 2.05) is 164 Å². The molecule has 0 saturated carbocycles. The number of ether oxygens (including phenoxy) is 2. The summed E-state index contributed by atoms with van der Waals surface area (Å²) >= 11 is 4.45. The number of aromatic hydroxyl groups is 1. The molecule has 3 heterocycles. The molecule has 32 nitrogen and oxygen atoms in total. The number of phenolic OH excluding ortho intramolecular Hbond substituents is 1. The van der Waals surface area contributed by atoms with Crippen molar-refractivity contribution in [3.63, 3.8) is 0 Å². The first kappa shape index (κ1) is 103. The fraction of sp³-hybridized carbons (Fsp3) is 0.329. The molecule has 9 atom stereocenters. The van der Waals surface area contributed by atoms with Crippen molar-refractivity contribution in [2.45, 2.75) is 139 Å². The topological polar surface area (TPSA) is 634 Å². The molecule has 7 aromatic carbocycles. The van der Waals surface area contributed by atoms with Crippen LogP contribution in [0.2, 0.25) is 0 Å². The number of rotatable bonds is 33. The molecule has 0 radical (unpaired) electrons. The Morgan fingerprint density at radius 1 is 0.441 bits per heavy atom. The molecule has 36 heteroatoms. The molecule has 0 fully saturated rings. The van der Waals surface area contributed by atoms with Gasteiger partial charge in [-0.1, -0.05) is 160 Å². The lowest BCUT2D eigenvalue weighted by Crippen LogP contribution is -2.35. The summed E-state index contributed by atoms with van der Waals surface area (Å²) in [7, 11) is 0. The third-order valence-electron chi connectivity index (χ3n) is 15.9. The molecule has 0 bridgehead atoms. The van der Waals surface area contributed by atoms with Gasteiger partial charge in [-0.3, -0.25) is 43.2 Å². The maximum atomic E-state index is 12.8. The Bertz CT molecular complexity index is 4550. The van der Waals surface area contributed by atoms with E-state index in [4.69, 9.17) is 112 Å². The van der Waals surface area contributed by atoms with Crippen LogP contribution in [-0.2, 0) is 97.6 Å². The Morgan fingerprint density at radius 3 is 1.43 bits per heavy atom. The number of carboxylic acid groups (broad SMARTS) is 9. The highest BCUT2D eigenvalue weighted by molar-refractivity contribution is 7.18. The molecule has 118 heavy (non-hydrogen) atoms. The lowest BCUT2D eigenvalue weighted by Gasteiger charge is -2.09. The van der Waals surface area contributed by atoms with Gasteiger partial charge in [-0.05, 0) is 130 Å². The molecule has 0 aliphatic rings. The quantitative estimate of drug-likeness (QED) is 0.0178. The highest BCUT2D eigenvalue weighted by atomic mass is 32.1. The lowest BCUT2D eigenvalue weighted by atomic mass is 9.99. The maximum absolute atomic E-state index is 12.8. The Morgan fingerprint density at radius 2 is 0.915 bits per heavy atom. The summed E-state index contributed by atoms with van der Waals surface area (Å²) in [6.07, 6.45) is 4.79. The predicted molar refractivity (Wildman–Crippen MR) is 451 cm³/mol. The van der Waals surface area contributed by atoms with Gasteiger partial charge in [0.1, 0.15) is 54.4 Å². The number of phenols is 1. The first-order valence-electron chi connectivity index (χ1n) is 36.5. The van der Waals surface area contributed by atoms with Crippen LogP contribution in [0.4, 0.5) is 4.39 Å². The number of benzene rings is 7. The van der Waals surface area contributed by atoms with Crippen molar-refractivity contribution < 1.29 is 108 Å². The summed E-state index contributed by atoms with van der Waals surface area (Å²) in [5.74, 6) is -9.62. The fourth-order valence-electron chi connectivity index (χ4n) is 9.30. The van der Waals surface area contributed by atoms with Gasteiger partial charge in [0.2, 0.25) is 0 Å². The van der Waals surface area contributed by atoms with E-state index in [1.165, 1.54) is 46.1 Å². The first-order valence-corrected chi connectivity index (χ1v) is 39.2. The molecule has 0 saturated heterocycles. The van der Waals surface area contributed by atoms with Gasteiger partial charge in [-0.25, -0.2) is 14.4 Å². The minimum atomic E-state index is -1.14. The van der Waals surface area contributed by atoms with Crippen molar-refractivity contribution in [2.75, 3.05) is 26.4 Å². The van der Waals surface area contributed by atoms with Crippen LogP contribution < -0.4 is 51.6 Å². The van der Waals surface area contributed by atoms with Crippen LogP contribution >= 0.6 is 34.0 Å². The van der Waals surface area contributed by atoms with Crippen molar-refractivity contribution in [1.29, 1.82) is 0 Å². The normalized spacial score (nSPS) is 12.7. The van der Waals surface area contributed by atoms with Gasteiger partial charge in [0.05, 0.1) is 39.6 Å². The van der Waals surface area contributed by atoms with Crippen LogP contribution in [0.15, 0.2) is 186 Å². The second kappa shape index (κ2) is 57.0. The summed E-state index contributed by atoms with van der Waals surface area (Å²) in [4.78, 5) is 103. The third kappa shape index (κ3) is 43.7. The number of thiophene rings is 1. The van der Waals surface area contributed by atoms with E-state index in [0.717, 1.165) is 82.9 Å². The Kier molecular flexibility index (Phi) is 49.7. The van der Waals surface area contributed by atoms with Gasteiger partial charge in [0.15, 0.2) is 11.6 Å². The van der Waals surface area contributed by atoms with Crippen molar-refractivity contribution in [3.05, 3.63) is 230 Å². The number of hydrogen-bond acceptors (Lipinski definition) is 26. The van der Waals surface area contributed by atoms with Gasteiger partial charge >= 0.3 is 53.7 Å². The van der Waals surface area contributed by atoms with Crippen molar-refractivity contribution >= 4 is 119 Å². The third-order valence-corrected chi connectivity index (χ3v) is 18.5. The number of aromatic nitrogens is 2. The largest absolute Gasteiger partial charge is 0.505 e. The Balaban J connectivity index is 0.000000452. The molecule has 3 aromatic heterocycles. The monoisotopic (exact) mass is 1700 g/mol. The number of fused-ring (bicyclic) bond motifs is 3. The smallest absolute Gasteiger partial charge is 0.322 e. The highest BCUT2D eigenvalue weighted by Crippen LogP contribution is 2.24. The van der Waals surface area contributed by atoms with E-state index in [2.05, 4.69) is 23.8 Å². The lowest BCUT2D eigenvalue weighted by molar-refractivity contribution is -0.141. The van der Waals surface area contributed by atoms with Crippen LogP contribution in [-0.4, -0.2) is 196 Å². The standard InChI is InChI=1S/2C13H13NO2.C10H10N2O2S.C10H13NO2.C9H10FNO3.C8H17NO3.C7H9NO2S.C6H8N2O2S.C6H13NO3/c14-12(13(15)16)8-10-6-3-5-9-4-1-2-7-11(9)10;14-12(13(15)16)8-9-5-6-10-3-1-2-4-11(10)7-9;11-6(10(13)14)5-9-12-7-3-1-2-4-8(7)15-9;11-9(10(12)13)7-6-8-4-2-1-3-5-8;10-6-3-5(1-2-8(6)12)4-7(11)9(13)14;1-6(2)3-4-12-5-7(9)8(10)11;8-6(7(9)10)4-5-2-1-3-11-5;7-5(6(9)10)1-4-2-11-3-8-4;1-2-3-10-4-5(7)6(8)9/h2*1-7,12H,8,14H2,(H,15,16);1-4,6H,5,11H2,(H,13,14);1-5,9H,6-7,11H2,(H,12,13);1-3,7,12H,4,11H2,(H,13,14);6-7H,3-5,9H2,1-2H3,(H,10,11);1-3,6H,4,8H2,(H,9,10);2-3,5H,1,7H2,(H,9,10);5H,2-4,7H2,1H3,(H,8,9). The van der Waals surface area contributed by atoms with Gasteiger partial charge in [0, 0.05) is 42.7 Å². The molecular formula is C82H106FN11O21S3. The number of nitrogens with zero attached hydrogens (tertiary/aromatic N) is 2. The van der Waals surface area contributed by atoms with E-state index in [1.54, 1.807) is 10.9 Å². The zero-order valence-corrected chi connectivity index (χ0v) is 67.7. The molecule has 0 amide bonds. The summed E-state index contributed by atoms with van der Waals surface area (Å²) < 4.78 is 23.8. The van der Waals surface area contributed by atoms with Gasteiger partial charge in [0.25, 0.3) is 0 Å². The number of thiazole rings is 2. The van der Waals surface area contributed by atoms with Crippen molar-refractivity contribution in [1.82, 2.24) is 9.97 Å². The molecule has 0 aliphatic carbocycles. The molecule has 0 spiro atoms. The van der Waals surface area contributed by atoms with Gasteiger partial charge in [-0.2, -0.15) is 0 Å². The highest BCUT2D eigenvalue weighted by Gasteiger charge is 2.20. The van der Waals surface area contributed by atoms with Gasteiger partial charge < -0.3 is 112 Å². The summed E-state index contributed by atoms with van der Waals surface area (Å²) in [5.41, 5.74) is 54.8. The second-order valence-corrected chi connectivity index (χ2v) is 29.2. The number of nitrogens with two attached hydrogens (primary N) is 9. The number of carboxylic acids is 9. The van der Waals surface area contributed by atoms with E-state index in [9.17, 15) is 47.5 Å². The molecule has 640 valence electrons. The van der Waals surface area contributed by atoms with E-state index >= 15 is 0 Å². The number of aryl methyl sites for hydroxylation is 1. The van der Waals surface area contributed by atoms with Crippen LogP contribution in [0, 0.1) is 11.7 Å². The minimum Gasteiger partial charge on any atom is -0.505 e. The zero-order chi connectivity index (χ0) is 88.4. The fourth-order valence-corrected chi connectivity index (χ4v) is 11.7. The predicted octanol–water partition coefficient (Wildman–Crippen LogP) is 7.44. The molecular weight excluding hydrogens is 1590 g/mol. The van der Waals surface area contributed by atoms with E-state index in [0.29, 0.717) is 63.2 Å². The van der Waals surface area contributed by atoms with Crippen LogP contribution in [0.25, 0.3) is 31.8 Å². The Labute approximate surface area is 692 Å². The van der Waals surface area contributed by atoms with Crippen LogP contribution in [0.1, 0.15) is 77.9 Å². The number of aliphatic carboxylic acids is 9. The van der Waals surface area contributed by atoms with Crippen molar-refractivity contribution in [2.24, 2.45) is 57.5 Å². The van der Waals surface area contributed by atoms with E-state index in [-0.39, 0.29) is 26.1 Å². The molecule has 10 rings (SSSR count). The van der Waals surface area contributed by atoms with Crippen LogP contribution in [0.3, 0.4) is 0 Å². The first-order chi connectivity index (χ1) is 55.8. The molecule has 9 unspecified atom stereocenters. The zero-order valence-electron chi connectivity index (χ0n) is 65.2. The maximum Gasteiger partial charge on any atom is 0.322 e. The average Bonchev–Trinajstić information content (AvgIpc) is 1.16. The SMILES string of the molecule is CC(C)CCOCC(N)C(=O)O.CCCOCC(N)C(=O)O.NC(CCc1ccccc1)C(=O)O.NC(Cc1ccc(O)c(F)c1)C(=O)O.NC(Cc1ccc2ccccc2c1)C(=O)O.NC(Cc1cccc2ccccc12)C(=O)O.NC(Cc1cccs1)C(=O)O.NC(Cc1cscn1)C(=O)O.NC(Cc1nc2ccccc2s1)C(=O)O. The van der Waals surface area contributed by atoms with Crippen molar-refractivity contribution in [3.8, 4) is 5.75 Å². The summed E-state index contributed by atoms with van der Waals surface area (Å²) in [6, 6.07) is 44.7. The number of para-hydroxylation sites is 1. The summed E-state index contributed by atoms with van der Waals surface area (Å²) in [6.45, 7) is 7.47. The van der Waals surface area contributed by atoms with E-state index < -0.39 is 120 Å². The van der Waals surface area contributed by atoms with Crippen LogP contribution in [0.5, 0.6) is 5.75 Å². The molecule has 28 N–H and O–H groups in total. The number of halogens is 1. The summed E-state index contributed by atoms with van der Waals surface area (Å²) in [5, 5.41) is 94.6. The number of hydrogen-bond donors (Lipinski definition) is 19. The molecule has 10 aromatic rings. The average molecular weight is 1700 g/mol. The Hall–Kier alpha value is -11.2. The van der Waals surface area contributed by atoms with Gasteiger partial charge in [-0.15, -0.1) is 34.0 Å². The second-order valence-electron chi connectivity index (χ2n) is 26.3. The minimum absolute atomic E-state index is 0.0343. The molecule has 0 aliphatic heterocycles. The number of carbonyl (C=O) groups is 9.